The van der Waals surface area contributed by atoms with Crippen LogP contribution in [-0.4, -0.2) is 61.4 Å². The van der Waals surface area contributed by atoms with Gasteiger partial charge in [-0.2, -0.15) is 17.0 Å². The Bertz CT molecular complexity index is 619. The standard InChI is InChI=1S/C16H25N3O3S/c20-16-7-5-6-15(14-16)17-10-12-19(13-11-17)23(21,22)18-8-3-1-2-4-9-18/h5-7,14,20H,1-4,8-13H2. The lowest BCUT2D eigenvalue weighted by molar-refractivity contribution is 0.327. The number of piperazine rings is 1. The highest BCUT2D eigenvalue weighted by Crippen LogP contribution is 2.23. The number of hydrogen-bond acceptors (Lipinski definition) is 4. The summed E-state index contributed by atoms with van der Waals surface area (Å²) >= 11 is 0. The maximum Gasteiger partial charge on any atom is 0.282 e. The minimum atomic E-state index is -3.33. The molecule has 1 aromatic rings. The number of aromatic hydroxyl groups is 1. The molecular weight excluding hydrogens is 314 g/mol. The molecule has 0 radical (unpaired) electrons. The van der Waals surface area contributed by atoms with Crippen molar-refractivity contribution in [3.05, 3.63) is 24.3 Å². The van der Waals surface area contributed by atoms with Crippen LogP contribution in [0.2, 0.25) is 0 Å². The number of phenolic OH excluding ortho intramolecular Hbond substituents is 1. The van der Waals surface area contributed by atoms with Crippen molar-refractivity contribution >= 4 is 15.9 Å². The molecule has 7 heteroatoms. The summed E-state index contributed by atoms with van der Waals surface area (Å²) in [6.45, 7) is 3.58. The van der Waals surface area contributed by atoms with E-state index in [1.165, 1.54) is 0 Å². The molecule has 1 N–H and O–H groups in total. The van der Waals surface area contributed by atoms with Crippen LogP contribution in [-0.2, 0) is 10.2 Å². The molecule has 2 saturated heterocycles. The number of hydrogen-bond donors (Lipinski definition) is 1. The SMILES string of the molecule is O=S(=O)(N1CCCCCC1)N1CCN(c2cccc(O)c2)CC1. The summed E-state index contributed by atoms with van der Waals surface area (Å²) in [5.41, 5.74) is 0.942. The fourth-order valence-corrected chi connectivity index (χ4v) is 4.97. The first-order valence-corrected chi connectivity index (χ1v) is 9.76. The van der Waals surface area contributed by atoms with E-state index in [1.807, 2.05) is 12.1 Å². The molecule has 1 aromatic carbocycles. The van der Waals surface area contributed by atoms with E-state index in [0.29, 0.717) is 39.3 Å². The fourth-order valence-electron chi connectivity index (χ4n) is 3.30. The first-order valence-electron chi connectivity index (χ1n) is 8.36. The number of nitrogens with zero attached hydrogens (tertiary/aromatic N) is 3. The lowest BCUT2D eigenvalue weighted by atomic mass is 10.2. The topological polar surface area (TPSA) is 64.1 Å². The summed E-state index contributed by atoms with van der Waals surface area (Å²) in [6, 6.07) is 7.12. The van der Waals surface area contributed by atoms with Gasteiger partial charge >= 0.3 is 0 Å². The van der Waals surface area contributed by atoms with Gasteiger partial charge in [0.05, 0.1) is 0 Å². The first-order chi connectivity index (χ1) is 11.1. The molecule has 2 aliphatic rings. The van der Waals surface area contributed by atoms with Gasteiger partial charge in [-0.1, -0.05) is 18.9 Å². The van der Waals surface area contributed by atoms with Gasteiger partial charge in [-0.15, -0.1) is 0 Å². The maximum absolute atomic E-state index is 12.8. The highest BCUT2D eigenvalue weighted by atomic mass is 32.2. The zero-order chi connectivity index (χ0) is 16.3. The van der Waals surface area contributed by atoms with Crippen molar-refractivity contribution in [3.63, 3.8) is 0 Å². The van der Waals surface area contributed by atoms with Crippen LogP contribution in [0.3, 0.4) is 0 Å². The molecule has 0 aromatic heterocycles. The zero-order valence-electron chi connectivity index (χ0n) is 13.4. The normalized spacial score (nSPS) is 22.0. The minimum absolute atomic E-state index is 0.238. The summed E-state index contributed by atoms with van der Waals surface area (Å²) < 4.78 is 28.8. The number of benzene rings is 1. The fraction of sp³-hybridized carbons (Fsp3) is 0.625. The Morgan fingerprint density at radius 1 is 0.826 bits per heavy atom. The van der Waals surface area contributed by atoms with Crippen LogP contribution >= 0.6 is 0 Å². The van der Waals surface area contributed by atoms with Gasteiger partial charge in [-0.05, 0) is 25.0 Å². The van der Waals surface area contributed by atoms with Crippen LogP contribution in [0.5, 0.6) is 5.75 Å². The van der Waals surface area contributed by atoms with Crippen LogP contribution in [0.4, 0.5) is 5.69 Å². The monoisotopic (exact) mass is 339 g/mol. The van der Waals surface area contributed by atoms with Crippen LogP contribution < -0.4 is 4.90 Å². The maximum atomic E-state index is 12.8. The van der Waals surface area contributed by atoms with Crippen molar-refractivity contribution in [2.24, 2.45) is 0 Å². The van der Waals surface area contributed by atoms with Crippen molar-refractivity contribution in [3.8, 4) is 5.75 Å². The molecule has 0 atom stereocenters. The highest BCUT2D eigenvalue weighted by Gasteiger charge is 2.32. The number of rotatable bonds is 3. The Morgan fingerprint density at radius 2 is 1.43 bits per heavy atom. The molecule has 3 rings (SSSR count). The lowest BCUT2D eigenvalue weighted by Gasteiger charge is -2.37. The van der Waals surface area contributed by atoms with E-state index in [2.05, 4.69) is 4.90 Å². The summed E-state index contributed by atoms with van der Waals surface area (Å²) in [6.07, 6.45) is 4.17. The van der Waals surface area contributed by atoms with Crippen molar-refractivity contribution in [2.75, 3.05) is 44.2 Å². The third kappa shape index (κ3) is 3.79. The van der Waals surface area contributed by atoms with Crippen molar-refractivity contribution < 1.29 is 13.5 Å². The Kier molecular flexibility index (Phi) is 5.08. The minimum Gasteiger partial charge on any atom is -0.508 e. The van der Waals surface area contributed by atoms with Gasteiger partial charge in [0.1, 0.15) is 5.75 Å². The number of phenols is 1. The van der Waals surface area contributed by atoms with Gasteiger partial charge in [-0.3, -0.25) is 0 Å². The summed E-state index contributed by atoms with van der Waals surface area (Å²) in [7, 11) is -3.33. The molecule has 128 valence electrons. The van der Waals surface area contributed by atoms with Gasteiger partial charge in [-0.25, -0.2) is 0 Å². The quantitative estimate of drug-likeness (QED) is 0.909. The third-order valence-corrected chi connectivity index (χ3v) is 6.69. The van der Waals surface area contributed by atoms with Crippen LogP contribution in [0.25, 0.3) is 0 Å². The molecule has 0 saturated carbocycles. The average molecular weight is 339 g/mol. The molecule has 0 amide bonds. The number of anilines is 1. The molecular formula is C16H25N3O3S. The molecule has 2 aliphatic heterocycles. The molecule has 0 spiro atoms. The van der Waals surface area contributed by atoms with E-state index < -0.39 is 10.2 Å². The largest absolute Gasteiger partial charge is 0.508 e. The molecule has 0 aliphatic carbocycles. The lowest BCUT2D eigenvalue weighted by Crippen LogP contribution is -2.53. The summed E-state index contributed by atoms with van der Waals surface area (Å²) in [4.78, 5) is 2.12. The van der Waals surface area contributed by atoms with E-state index in [-0.39, 0.29) is 5.75 Å². The van der Waals surface area contributed by atoms with Crippen molar-refractivity contribution in [2.45, 2.75) is 25.7 Å². The van der Waals surface area contributed by atoms with Gasteiger partial charge in [0.15, 0.2) is 0 Å². The Hall–Kier alpha value is -1.31. The van der Waals surface area contributed by atoms with E-state index in [1.54, 1.807) is 20.7 Å². The Morgan fingerprint density at radius 3 is 2.04 bits per heavy atom. The smallest absolute Gasteiger partial charge is 0.282 e. The van der Waals surface area contributed by atoms with Crippen LogP contribution in [0.15, 0.2) is 24.3 Å². The molecule has 6 nitrogen and oxygen atoms in total. The van der Waals surface area contributed by atoms with E-state index >= 15 is 0 Å². The first kappa shape index (κ1) is 16.5. The van der Waals surface area contributed by atoms with Crippen LogP contribution in [0.1, 0.15) is 25.7 Å². The van der Waals surface area contributed by atoms with E-state index in [9.17, 15) is 13.5 Å². The molecule has 2 fully saturated rings. The molecule has 0 unspecified atom stereocenters. The predicted octanol–water partition coefficient (Wildman–Crippen LogP) is 1.63. The Balaban J connectivity index is 1.63. The zero-order valence-corrected chi connectivity index (χ0v) is 14.2. The molecule has 0 bridgehead atoms. The second kappa shape index (κ2) is 7.07. The van der Waals surface area contributed by atoms with Crippen molar-refractivity contribution in [1.29, 1.82) is 0 Å². The van der Waals surface area contributed by atoms with Gasteiger partial charge in [0.2, 0.25) is 0 Å². The average Bonchev–Trinajstić information content (AvgIpc) is 2.85. The second-order valence-electron chi connectivity index (χ2n) is 6.23. The van der Waals surface area contributed by atoms with Crippen LogP contribution in [0, 0.1) is 0 Å². The molecule has 23 heavy (non-hydrogen) atoms. The highest BCUT2D eigenvalue weighted by molar-refractivity contribution is 7.86. The Labute approximate surface area is 138 Å². The van der Waals surface area contributed by atoms with Gasteiger partial charge in [0, 0.05) is 51.0 Å². The second-order valence-corrected chi connectivity index (χ2v) is 8.16. The molecule has 2 heterocycles. The summed E-state index contributed by atoms with van der Waals surface area (Å²) in [5.74, 6) is 0.238. The van der Waals surface area contributed by atoms with Gasteiger partial charge < -0.3 is 10.0 Å². The predicted molar refractivity (Wildman–Crippen MR) is 90.9 cm³/mol. The van der Waals surface area contributed by atoms with E-state index in [0.717, 1.165) is 31.4 Å². The third-order valence-electron chi connectivity index (χ3n) is 4.65. The van der Waals surface area contributed by atoms with Crippen molar-refractivity contribution in [1.82, 2.24) is 8.61 Å². The summed E-state index contributed by atoms with van der Waals surface area (Å²) in [5, 5.41) is 9.58. The van der Waals surface area contributed by atoms with E-state index in [4.69, 9.17) is 0 Å². The van der Waals surface area contributed by atoms with Gasteiger partial charge in [0.25, 0.3) is 10.2 Å².